The lowest BCUT2D eigenvalue weighted by molar-refractivity contribution is 0.0698. The normalized spacial score (nSPS) is 10.2. The van der Waals surface area contributed by atoms with Gasteiger partial charge in [-0.15, -0.1) is 0 Å². The number of carboxylic acids is 1. The molecule has 0 saturated heterocycles. The molecule has 0 spiro atoms. The van der Waals surface area contributed by atoms with Crippen molar-refractivity contribution in [3.8, 4) is 0 Å². The quantitative estimate of drug-likeness (QED) is 0.677. The molecule has 0 bridgehead atoms. The van der Waals surface area contributed by atoms with Crippen LogP contribution in [0, 0.1) is 3.57 Å². The van der Waals surface area contributed by atoms with Crippen molar-refractivity contribution < 1.29 is 14.7 Å². The van der Waals surface area contributed by atoms with Gasteiger partial charge >= 0.3 is 12.0 Å². The predicted molar refractivity (Wildman–Crippen MR) is 83.0 cm³/mol. The molecule has 0 unspecified atom stereocenters. The Morgan fingerprint density at radius 3 is 2.86 bits per heavy atom. The van der Waals surface area contributed by atoms with E-state index in [4.69, 9.17) is 5.11 Å². The highest BCUT2D eigenvalue weighted by Crippen LogP contribution is 2.19. The number of amides is 2. The van der Waals surface area contributed by atoms with E-state index in [-0.39, 0.29) is 17.8 Å². The maximum absolute atomic E-state index is 12.1. The van der Waals surface area contributed by atoms with E-state index < -0.39 is 12.0 Å². The molecule has 1 heterocycles. The van der Waals surface area contributed by atoms with Gasteiger partial charge in [0.05, 0.1) is 17.8 Å². The van der Waals surface area contributed by atoms with Crippen LogP contribution in [0.3, 0.4) is 0 Å². The molecule has 1 aromatic carbocycles. The van der Waals surface area contributed by atoms with Crippen LogP contribution in [0.4, 0.5) is 10.5 Å². The zero-order valence-electron chi connectivity index (χ0n) is 11.0. The van der Waals surface area contributed by atoms with Crippen molar-refractivity contribution in [3.63, 3.8) is 0 Å². The predicted octanol–water partition coefficient (Wildman–Crippen LogP) is 1.77. The lowest BCUT2D eigenvalue weighted by Gasteiger charge is -2.17. The molecule has 0 radical (unpaired) electrons. The summed E-state index contributed by atoms with van der Waals surface area (Å²) in [5.41, 5.74) is 0.292. The topological polar surface area (TPSA) is 111 Å². The molecule has 1 aromatic heterocycles. The fraction of sp³-hybridized carbons (Fsp3) is 0.167. The summed E-state index contributed by atoms with van der Waals surface area (Å²) in [4.78, 5) is 28.5. The second-order valence-corrected chi connectivity index (χ2v) is 5.46. The Labute approximate surface area is 133 Å². The molecule has 2 rings (SSSR count). The third-order valence-electron chi connectivity index (χ3n) is 2.65. The van der Waals surface area contributed by atoms with Crippen molar-refractivity contribution >= 4 is 40.3 Å². The third-order valence-corrected chi connectivity index (χ3v) is 3.32. The summed E-state index contributed by atoms with van der Waals surface area (Å²) in [6, 6.07) is 4.34. The molecule has 3 N–H and O–H groups in total. The Balaban J connectivity index is 2.10. The van der Waals surface area contributed by atoms with Crippen LogP contribution in [0.15, 0.2) is 24.5 Å². The van der Waals surface area contributed by atoms with Crippen molar-refractivity contribution in [1.29, 1.82) is 0 Å². The maximum Gasteiger partial charge on any atom is 0.337 e. The maximum atomic E-state index is 12.1. The smallest absolute Gasteiger partial charge is 0.337 e. The Morgan fingerprint density at radius 1 is 1.48 bits per heavy atom. The number of aromatic nitrogens is 3. The van der Waals surface area contributed by atoms with E-state index in [1.54, 1.807) is 19.2 Å². The molecule has 2 amide bonds. The van der Waals surface area contributed by atoms with Gasteiger partial charge in [-0.1, -0.05) is 0 Å². The highest BCUT2D eigenvalue weighted by molar-refractivity contribution is 14.1. The van der Waals surface area contributed by atoms with Gasteiger partial charge in [0, 0.05) is 10.6 Å². The van der Waals surface area contributed by atoms with Crippen LogP contribution in [-0.2, 0) is 6.54 Å². The van der Waals surface area contributed by atoms with Crippen molar-refractivity contribution in [3.05, 3.63) is 39.5 Å². The molecule has 110 valence electrons. The zero-order valence-corrected chi connectivity index (χ0v) is 13.2. The molecule has 9 heteroatoms. The van der Waals surface area contributed by atoms with Crippen LogP contribution < -0.4 is 5.32 Å². The van der Waals surface area contributed by atoms with Gasteiger partial charge in [-0.3, -0.25) is 5.10 Å². The van der Waals surface area contributed by atoms with Gasteiger partial charge < -0.3 is 15.3 Å². The number of carbonyl (C=O) groups is 2. The van der Waals surface area contributed by atoms with Crippen molar-refractivity contribution in [1.82, 2.24) is 20.1 Å². The first kappa shape index (κ1) is 15.2. The molecule has 21 heavy (non-hydrogen) atoms. The Morgan fingerprint density at radius 2 is 2.24 bits per heavy atom. The summed E-state index contributed by atoms with van der Waals surface area (Å²) in [6.07, 6.45) is 1.35. The van der Waals surface area contributed by atoms with Gasteiger partial charge in [0.25, 0.3) is 0 Å². The Bertz CT molecular complexity index is 659. The summed E-state index contributed by atoms with van der Waals surface area (Å²) >= 11 is 2.01. The van der Waals surface area contributed by atoms with Crippen LogP contribution in [-0.4, -0.2) is 44.2 Å². The average Bonchev–Trinajstić information content (AvgIpc) is 2.93. The average molecular weight is 401 g/mol. The molecule has 0 fully saturated rings. The minimum absolute atomic E-state index is 0.0447. The molecular formula is C12H12IN5O3. The monoisotopic (exact) mass is 401 g/mol. The number of aromatic carboxylic acids is 1. The van der Waals surface area contributed by atoms with Crippen molar-refractivity contribution in [2.24, 2.45) is 0 Å². The molecule has 0 saturated carbocycles. The van der Waals surface area contributed by atoms with Gasteiger partial charge in [-0.25, -0.2) is 14.6 Å². The van der Waals surface area contributed by atoms with E-state index in [2.05, 4.69) is 20.5 Å². The molecule has 0 atom stereocenters. The fourth-order valence-electron chi connectivity index (χ4n) is 1.62. The van der Waals surface area contributed by atoms with E-state index in [9.17, 15) is 9.59 Å². The SMILES string of the molecule is CN(Cc1ncn[nH]1)C(=O)Nc1ccc(I)cc1C(=O)O. The number of H-pyrrole nitrogens is 1. The van der Waals surface area contributed by atoms with Gasteiger partial charge in [-0.05, 0) is 40.8 Å². The third kappa shape index (κ3) is 3.90. The van der Waals surface area contributed by atoms with E-state index in [0.717, 1.165) is 3.57 Å². The van der Waals surface area contributed by atoms with Gasteiger partial charge in [-0.2, -0.15) is 5.10 Å². The number of hydrogen-bond acceptors (Lipinski definition) is 4. The Hall–Kier alpha value is -2.17. The van der Waals surface area contributed by atoms with Crippen molar-refractivity contribution in [2.45, 2.75) is 6.54 Å². The molecule has 0 aliphatic rings. The van der Waals surface area contributed by atoms with Crippen LogP contribution in [0.2, 0.25) is 0 Å². The second-order valence-electron chi connectivity index (χ2n) is 4.21. The summed E-state index contributed by atoms with van der Waals surface area (Å²) in [6.45, 7) is 0.235. The lowest BCUT2D eigenvalue weighted by atomic mass is 10.2. The summed E-state index contributed by atoms with van der Waals surface area (Å²) < 4.78 is 0.776. The first-order chi connectivity index (χ1) is 9.97. The first-order valence-corrected chi connectivity index (χ1v) is 6.94. The van der Waals surface area contributed by atoms with E-state index in [0.29, 0.717) is 5.82 Å². The van der Waals surface area contributed by atoms with Gasteiger partial charge in [0.15, 0.2) is 0 Å². The Kier molecular flexibility index (Phi) is 4.73. The second kappa shape index (κ2) is 6.52. The van der Waals surface area contributed by atoms with Gasteiger partial charge in [0.1, 0.15) is 12.2 Å². The minimum Gasteiger partial charge on any atom is -0.478 e. The fourth-order valence-corrected chi connectivity index (χ4v) is 2.11. The molecular weight excluding hydrogens is 389 g/mol. The summed E-state index contributed by atoms with van der Waals surface area (Å²) in [7, 11) is 1.57. The summed E-state index contributed by atoms with van der Waals surface area (Å²) in [5, 5.41) is 18.1. The van der Waals surface area contributed by atoms with Crippen LogP contribution >= 0.6 is 22.6 Å². The highest BCUT2D eigenvalue weighted by atomic mass is 127. The summed E-state index contributed by atoms with van der Waals surface area (Å²) in [5.74, 6) is -0.560. The van der Waals surface area contributed by atoms with Crippen LogP contribution in [0.5, 0.6) is 0 Å². The standard InChI is InChI=1S/C12H12IN5O3/c1-18(5-10-14-6-15-17-10)12(21)16-9-3-2-7(13)4-8(9)11(19)20/h2-4,6H,5H2,1H3,(H,16,21)(H,19,20)(H,14,15,17). The number of hydrogen-bond donors (Lipinski definition) is 3. The number of benzene rings is 1. The molecule has 8 nitrogen and oxygen atoms in total. The van der Waals surface area contributed by atoms with Gasteiger partial charge in [0.2, 0.25) is 0 Å². The first-order valence-electron chi connectivity index (χ1n) is 5.86. The van der Waals surface area contributed by atoms with E-state index in [1.807, 2.05) is 22.6 Å². The van der Waals surface area contributed by atoms with Crippen molar-refractivity contribution in [2.75, 3.05) is 12.4 Å². The van der Waals surface area contributed by atoms with Crippen LogP contribution in [0.25, 0.3) is 0 Å². The number of urea groups is 1. The number of aromatic amines is 1. The lowest BCUT2D eigenvalue weighted by Crippen LogP contribution is -2.31. The van der Waals surface area contributed by atoms with E-state index >= 15 is 0 Å². The number of rotatable bonds is 4. The minimum atomic E-state index is -1.10. The number of carboxylic acid groups (broad SMARTS) is 1. The highest BCUT2D eigenvalue weighted by Gasteiger charge is 2.16. The number of nitrogens with one attached hydrogen (secondary N) is 2. The zero-order chi connectivity index (χ0) is 15.4. The van der Waals surface area contributed by atoms with Crippen LogP contribution in [0.1, 0.15) is 16.2 Å². The number of carbonyl (C=O) groups excluding carboxylic acids is 1. The number of halogens is 1. The van der Waals surface area contributed by atoms with E-state index in [1.165, 1.54) is 17.3 Å². The molecule has 2 aromatic rings. The largest absolute Gasteiger partial charge is 0.478 e. The molecule has 0 aliphatic carbocycles. The number of nitrogens with zero attached hydrogens (tertiary/aromatic N) is 3. The molecule has 0 aliphatic heterocycles. The number of anilines is 1.